The minimum absolute atomic E-state index is 0.105. The summed E-state index contributed by atoms with van der Waals surface area (Å²) in [4.78, 5) is 0. The molecule has 1 aromatic carbocycles. The van der Waals surface area contributed by atoms with Gasteiger partial charge in [-0.2, -0.15) is 0 Å². The number of hydrogen-bond acceptors (Lipinski definition) is 5. The van der Waals surface area contributed by atoms with E-state index in [0.717, 1.165) is 22.6 Å². The Morgan fingerprint density at radius 3 is 2.56 bits per heavy atom. The first kappa shape index (κ1) is 12.4. The van der Waals surface area contributed by atoms with Crippen LogP contribution >= 0.6 is 0 Å². The van der Waals surface area contributed by atoms with E-state index in [1.54, 1.807) is 6.07 Å². The molecule has 0 amide bonds. The minimum atomic E-state index is -0.107. The minimum Gasteiger partial charge on any atom is -0.504 e. The van der Waals surface area contributed by atoms with Gasteiger partial charge in [0.15, 0.2) is 11.5 Å². The molecule has 0 aliphatic rings. The molecule has 0 unspecified atom stereocenters. The maximum absolute atomic E-state index is 9.37. The zero-order valence-corrected chi connectivity index (χ0v) is 10.4. The summed E-state index contributed by atoms with van der Waals surface area (Å²) in [6, 6.07) is 4.77. The third-order valence-electron chi connectivity index (χ3n) is 2.85. The van der Waals surface area contributed by atoms with Crippen molar-refractivity contribution >= 4 is 0 Å². The normalized spacial score (nSPS) is 10.8. The summed E-state index contributed by atoms with van der Waals surface area (Å²) < 4.78 is 5.07. The Labute approximate surface area is 105 Å². The van der Waals surface area contributed by atoms with E-state index >= 15 is 0 Å². The number of phenols is 2. The Balaban J connectivity index is 1.94. The number of aromatic hydroxyl groups is 2. The molecule has 0 bridgehead atoms. The van der Waals surface area contributed by atoms with Crippen LogP contribution in [0.2, 0.25) is 0 Å². The number of benzene rings is 1. The van der Waals surface area contributed by atoms with Crippen molar-refractivity contribution < 1.29 is 14.7 Å². The van der Waals surface area contributed by atoms with Crippen molar-refractivity contribution in [2.45, 2.75) is 26.9 Å². The van der Waals surface area contributed by atoms with E-state index in [4.69, 9.17) is 4.52 Å². The Hall–Kier alpha value is -2.01. The first-order chi connectivity index (χ1) is 8.58. The fourth-order valence-corrected chi connectivity index (χ4v) is 1.77. The Morgan fingerprint density at radius 2 is 1.94 bits per heavy atom. The van der Waals surface area contributed by atoms with E-state index in [0.29, 0.717) is 13.1 Å². The Morgan fingerprint density at radius 1 is 1.17 bits per heavy atom. The third-order valence-corrected chi connectivity index (χ3v) is 2.85. The van der Waals surface area contributed by atoms with Gasteiger partial charge in [-0.1, -0.05) is 11.2 Å². The van der Waals surface area contributed by atoms with Gasteiger partial charge in [-0.25, -0.2) is 0 Å². The van der Waals surface area contributed by atoms with Gasteiger partial charge in [0.2, 0.25) is 0 Å². The fraction of sp³-hybridized carbons (Fsp3) is 0.308. The fourth-order valence-electron chi connectivity index (χ4n) is 1.77. The lowest BCUT2D eigenvalue weighted by Crippen LogP contribution is -2.13. The average molecular weight is 248 g/mol. The Bertz CT molecular complexity index is 530. The number of aryl methyl sites for hydroxylation is 2. The van der Waals surface area contributed by atoms with Gasteiger partial charge >= 0.3 is 0 Å². The highest BCUT2D eigenvalue weighted by molar-refractivity contribution is 5.40. The quantitative estimate of drug-likeness (QED) is 0.721. The molecule has 0 saturated heterocycles. The standard InChI is InChI=1S/C13H16N2O3/c1-8-11(9(2)18-15-8)7-14-6-10-3-4-12(16)13(17)5-10/h3-5,14,16-17H,6-7H2,1-2H3. The van der Waals surface area contributed by atoms with Crippen molar-refractivity contribution in [3.05, 3.63) is 40.8 Å². The van der Waals surface area contributed by atoms with E-state index in [-0.39, 0.29) is 11.5 Å². The second-order valence-electron chi connectivity index (χ2n) is 4.23. The van der Waals surface area contributed by atoms with Crippen LogP contribution in [0.1, 0.15) is 22.6 Å². The molecule has 0 radical (unpaired) electrons. The summed E-state index contributed by atoms with van der Waals surface area (Å²) in [5, 5.41) is 25.7. The maximum Gasteiger partial charge on any atom is 0.157 e. The van der Waals surface area contributed by atoms with Crippen LogP contribution in [0.25, 0.3) is 0 Å². The molecule has 2 rings (SSSR count). The molecule has 2 aromatic rings. The van der Waals surface area contributed by atoms with E-state index in [2.05, 4.69) is 10.5 Å². The molecule has 5 heteroatoms. The lowest BCUT2D eigenvalue weighted by Gasteiger charge is -2.06. The number of nitrogens with zero attached hydrogens (tertiary/aromatic N) is 1. The molecule has 0 aliphatic heterocycles. The highest BCUT2D eigenvalue weighted by atomic mass is 16.5. The van der Waals surface area contributed by atoms with E-state index in [1.807, 2.05) is 13.8 Å². The van der Waals surface area contributed by atoms with Crippen LogP contribution in [0.3, 0.4) is 0 Å². The van der Waals surface area contributed by atoms with E-state index in [1.165, 1.54) is 12.1 Å². The van der Waals surface area contributed by atoms with E-state index < -0.39 is 0 Å². The van der Waals surface area contributed by atoms with Crippen LogP contribution in [0.15, 0.2) is 22.7 Å². The van der Waals surface area contributed by atoms with Gasteiger partial charge < -0.3 is 20.1 Å². The maximum atomic E-state index is 9.37. The summed E-state index contributed by atoms with van der Waals surface area (Å²) in [6.45, 7) is 5.03. The monoisotopic (exact) mass is 248 g/mol. The van der Waals surface area contributed by atoms with Crippen molar-refractivity contribution in [3.8, 4) is 11.5 Å². The highest BCUT2D eigenvalue weighted by Crippen LogP contribution is 2.24. The molecular formula is C13H16N2O3. The van der Waals surface area contributed by atoms with Crippen LogP contribution in [0.5, 0.6) is 11.5 Å². The average Bonchev–Trinajstić information content (AvgIpc) is 2.65. The number of phenolic OH excluding ortho intramolecular Hbond substituents is 2. The number of hydrogen-bond donors (Lipinski definition) is 3. The summed E-state index contributed by atoms with van der Waals surface area (Å²) in [6.07, 6.45) is 0. The second-order valence-corrected chi connectivity index (χ2v) is 4.23. The molecule has 0 spiro atoms. The van der Waals surface area contributed by atoms with Gasteiger partial charge in [-0.3, -0.25) is 0 Å². The first-order valence-electron chi connectivity index (χ1n) is 5.71. The van der Waals surface area contributed by atoms with Crippen LogP contribution < -0.4 is 5.32 Å². The molecule has 0 aliphatic carbocycles. The van der Waals surface area contributed by atoms with Crippen molar-refractivity contribution in [1.29, 1.82) is 0 Å². The van der Waals surface area contributed by atoms with Crippen LogP contribution in [-0.2, 0) is 13.1 Å². The summed E-state index contributed by atoms with van der Waals surface area (Å²) in [7, 11) is 0. The lowest BCUT2D eigenvalue weighted by molar-refractivity contribution is 0.391. The molecule has 5 nitrogen and oxygen atoms in total. The van der Waals surface area contributed by atoms with Crippen LogP contribution in [0, 0.1) is 13.8 Å². The summed E-state index contributed by atoms with van der Waals surface area (Å²) in [5.74, 6) is 0.602. The van der Waals surface area contributed by atoms with Crippen molar-refractivity contribution in [2.24, 2.45) is 0 Å². The van der Waals surface area contributed by atoms with Crippen LogP contribution in [-0.4, -0.2) is 15.4 Å². The van der Waals surface area contributed by atoms with Crippen molar-refractivity contribution in [3.63, 3.8) is 0 Å². The summed E-state index contributed by atoms with van der Waals surface area (Å²) >= 11 is 0. The summed E-state index contributed by atoms with van der Waals surface area (Å²) in [5.41, 5.74) is 2.84. The molecular weight excluding hydrogens is 232 g/mol. The van der Waals surface area contributed by atoms with Gasteiger partial charge in [-0.15, -0.1) is 0 Å². The number of nitrogens with one attached hydrogen (secondary N) is 1. The van der Waals surface area contributed by atoms with Crippen LogP contribution in [0.4, 0.5) is 0 Å². The van der Waals surface area contributed by atoms with Gasteiger partial charge in [0.25, 0.3) is 0 Å². The molecule has 1 heterocycles. The number of rotatable bonds is 4. The third kappa shape index (κ3) is 2.62. The topological polar surface area (TPSA) is 78.5 Å². The molecule has 3 N–H and O–H groups in total. The van der Waals surface area contributed by atoms with Crippen molar-refractivity contribution in [1.82, 2.24) is 10.5 Å². The van der Waals surface area contributed by atoms with Gasteiger partial charge in [0.05, 0.1) is 5.69 Å². The molecule has 96 valence electrons. The SMILES string of the molecule is Cc1noc(C)c1CNCc1ccc(O)c(O)c1. The Kier molecular flexibility index (Phi) is 3.53. The first-order valence-corrected chi connectivity index (χ1v) is 5.71. The molecule has 0 fully saturated rings. The number of aromatic nitrogens is 1. The van der Waals surface area contributed by atoms with E-state index in [9.17, 15) is 10.2 Å². The van der Waals surface area contributed by atoms with Crippen molar-refractivity contribution in [2.75, 3.05) is 0 Å². The largest absolute Gasteiger partial charge is 0.504 e. The molecule has 0 saturated carbocycles. The second kappa shape index (κ2) is 5.10. The molecule has 1 aromatic heterocycles. The predicted molar refractivity (Wildman–Crippen MR) is 66.3 cm³/mol. The highest BCUT2D eigenvalue weighted by Gasteiger charge is 2.08. The van der Waals surface area contributed by atoms with Gasteiger partial charge in [0.1, 0.15) is 5.76 Å². The zero-order chi connectivity index (χ0) is 13.1. The van der Waals surface area contributed by atoms with Gasteiger partial charge in [-0.05, 0) is 31.5 Å². The predicted octanol–water partition coefficient (Wildman–Crippen LogP) is 1.99. The van der Waals surface area contributed by atoms with Gasteiger partial charge in [0, 0.05) is 18.7 Å². The molecule has 18 heavy (non-hydrogen) atoms. The zero-order valence-electron chi connectivity index (χ0n) is 10.4. The molecule has 0 atom stereocenters. The lowest BCUT2D eigenvalue weighted by atomic mass is 10.1. The smallest absolute Gasteiger partial charge is 0.157 e.